The van der Waals surface area contributed by atoms with Gasteiger partial charge in [-0.2, -0.15) is 0 Å². The average molecular weight is 257 g/mol. The van der Waals surface area contributed by atoms with Crippen LogP contribution in [0.15, 0.2) is 36.4 Å². The first-order valence-electron chi connectivity index (χ1n) is 6.06. The van der Waals surface area contributed by atoms with E-state index in [1.807, 2.05) is 30.3 Å². The second kappa shape index (κ2) is 5.52. The van der Waals surface area contributed by atoms with Crippen LogP contribution in [0.2, 0.25) is 0 Å². The van der Waals surface area contributed by atoms with E-state index in [9.17, 15) is 9.59 Å². The third-order valence-corrected chi connectivity index (χ3v) is 2.94. The summed E-state index contributed by atoms with van der Waals surface area (Å²) in [7, 11) is 1.60. The Morgan fingerprint density at radius 1 is 1.26 bits per heavy atom. The van der Waals surface area contributed by atoms with Crippen LogP contribution in [0.25, 0.3) is 10.8 Å². The molecule has 4 heteroatoms. The fourth-order valence-corrected chi connectivity index (χ4v) is 2.05. The molecule has 0 unspecified atom stereocenters. The maximum Gasteiger partial charge on any atom is 0.414 e. The Kier molecular flexibility index (Phi) is 3.80. The molecule has 4 nitrogen and oxygen atoms in total. The Bertz CT molecular complexity index is 622. The number of benzene rings is 2. The lowest BCUT2D eigenvalue weighted by atomic mass is 10.0. The summed E-state index contributed by atoms with van der Waals surface area (Å²) in [6, 6.07) is 11.2. The summed E-state index contributed by atoms with van der Waals surface area (Å²) in [5.41, 5.74) is 1.04. The molecule has 0 fully saturated rings. The molecule has 0 N–H and O–H groups in total. The van der Waals surface area contributed by atoms with Gasteiger partial charge in [0.15, 0.2) is 6.29 Å². The summed E-state index contributed by atoms with van der Waals surface area (Å²) in [4.78, 5) is 24.4. The number of nitrogens with zero attached hydrogens (tertiary/aromatic N) is 1. The van der Waals surface area contributed by atoms with Gasteiger partial charge >= 0.3 is 6.09 Å². The molecule has 0 saturated carbocycles. The van der Waals surface area contributed by atoms with E-state index < -0.39 is 6.09 Å². The SMILES string of the molecule is CCOC(=O)N(C)c1c(C=O)ccc2ccccc12. The minimum Gasteiger partial charge on any atom is -0.449 e. The van der Waals surface area contributed by atoms with E-state index in [0.717, 1.165) is 17.1 Å². The molecule has 0 atom stereocenters. The van der Waals surface area contributed by atoms with Crippen molar-refractivity contribution in [3.05, 3.63) is 42.0 Å². The summed E-state index contributed by atoms with van der Waals surface area (Å²) in [6.07, 6.45) is 0.277. The van der Waals surface area contributed by atoms with Crippen LogP contribution >= 0.6 is 0 Å². The number of carbonyl (C=O) groups excluding carboxylic acids is 2. The van der Waals surface area contributed by atoms with Crippen LogP contribution in [-0.2, 0) is 4.74 Å². The monoisotopic (exact) mass is 257 g/mol. The van der Waals surface area contributed by atoms with Crippen molar-refractivity contribution >= 4 is 28.8 Å². The highest BCUT2D eigenvalue weighted by Gasteiger charge is 2.18. The topological polar surface area (TPSA) is 46.6 Å². The predicted octanol–water partition coefficient (Wildman–Crippen LogP) is 3.25. The maximum atomic E-state index is 11.8. The van der Waals surface area contributed by atoms with Crippen molar-refractivity contribution in [1.82, 2.24) is 0 Å². The van der Waals surface area contributed by atoms with E-state index in [1.165, 1.54) is 4.90 Å². The molecule has 1 amide bonds. The fourth-order valence-electron chi connectivity index (χ4n) is 2.05. The van der Waals surface area contributed by atoms with Crippen LogP contribution in [0.4, 0.5) is 10.5 Å². The number of hydrogen-bond acceptors (Lipinski definition) is 3. The zero-order valence-corrected chi connectivity index (χ0v) is 10.9. The van der Waals surface area contributed by atoms with Gasteiger partial charge in [-0.25, -0.2) is 4.79 Å². The first-order valence-corrected chi connectivity index (χ1v) is 6.06. The van der Waals surface area contributed by atoms with Gasteiger partial charge in [0.25, 0.3) is 0 Å². The third kappa shape index (κ3) is 2.42. The van der Waals surface area contributed by atoms with Gasteiger partial charge < -0.3 is 4.74 Å². The van der Waals surface area contributed by atoms with Gasteiger partial charge in [0, 0.05) is 18.0 Å². The number of anilines is 1. The summed E-state index contributed by atoms with van der Waals surface area (Å²) in [5.74, 6) is 0. The van der Waals surface area contributed by atoms with E-state index in [-0.39, 0.29) is 0 Å². The number of rotatable bonds is 3. The van der Waals surface area contributed by atoms with E-state index in [4.69, 9.17) is 4.74 Å². The molecule has 0 aliphatic carbocycles. The number of carbonyl (C=O) groups is 2. The van der Waals surface area contributed by atoms with Gasteiger partial charge in [-0.3, -0.25) is 9.69 Å². The summed E-state index contributed by atoms with van der Waals surface area (Å²) >= 11 is 0. The third-order valence-electron chi connectivity index (χ3n) is 2.94. The molecule has 2 rings (SSSR count). The number of aldehydes is 1. The van der Waals surface area contributed by atoms with Gasteiger partial charge in [-0.1, -0.05) is 30.3 Å². The van der Waals surface area contributed by atoms with Gasteiger partial charge in [0.05, 0.1) is 12.3 Å². The quantitative estimate of drug-likeness (QED) is 0.793. The minimum atomic E-state index is -0.470. The Morgan fingerprint density at radius 2 is 2.00 bits per heavy atom. The Morgan fingerprint density at radius 3 is 2.68 bits per heavy atom. The lowest BCUT2D eigenvalue weighted by Crippen LogP contribution is -2.28. The number of ether oxygens (including phenoxy) is 1. The normalized spacial score (nSPS) is 10.2. The molecule has 0 aromatic heterocycles. The van der Waals surface area contributed by atoms with Crippen molar-refractivity contribution in [3.8, 4) is 0 Å². The molecule has 0 aliphatic heterocycles. The molecule has 0 spiro atoms. The van der Waals surface area contributed by atoms with E-state index in [1.54, 1.807) is 20.0 Å². The van der Waals surface area contributed by atoms with Crippen LogP contribution in [-0.4, -0.2) is 26.0 Å². The second-order valence-electron chi connectivity index (χ2n) is 4.10. The van der Waals surface area contributed by atoms with Crippen LogP contribution in [0, 0.1) is 0 Å². The highest BCUT2D eigenvalue weighted by atomic mass is 16.6. The van der Waals surface area contributed by atoms with Gasteiger partial charge in [0.2, 0.25) is 0 Å². The standard InChI is InChI=1S/C15H15NO3/c1-3-19-15(18)16(2)14-12(10-17)9-8-11-6-4-5-7-13(11)14/h4-10H,3H2,1-2H3. The van der Waals surface area contributed by atoms with Crippen molar-refractivity contribution in [2.24, 2.45) is 0 Å². The second-order valence-corrected chi connectivity index (χ2v) is 4.10. The van der Waals surface area contributed by atoms with Crippen LogP contribution in [0.5, 0.6) is 0 Å². The van der Waals surface area contributed by atoms with E-state index in [0.29, 0.717) is 17.9 Å². The lowest BCUT2D eigenvalue weighted by Gasteiger charge is -2.20. The van der Waals surface area contributed by atoms with Crippen molar-refractivity contribution in [2.45, 2.75) is 6.92 Å². The zero-order chi connectivity index (χ0) is 13.8. The number of fused-ring (bicyclic) bond motifs is 1. The first kappa shape index (κ1) is 13.1. The fraction of sp³-hybridized carbons (Fsp3) is 0.200. The average Bonchev–Trinajstić information content (AvgIpc) is 2.45. The predicted molar refractivity (Wildman–Crippen MR) is 74.8 cm³/mol. The molecule has 0 bridgehead atoms. The van der Waals surface area contributed by atoms with Crippen LogP contribution < -0.4 is 4.90 Å². The molecule has 98 valence electrons. The zero-order valence-electron chi connectivity index (χ0n) is 10.9. The van der Waals surface area contributed by atoms with Crippen molar-refractivity contribution in [1.29, 1.82) is 0 Å². The molecular formula is C15H15NO3. The van der Waals surface area contributed by atoms with Crippen molar-refractivity contribution < 1.29 is 14.3 Å². The molecule has 0 saturated heterocycles. The van der Waals surface area contributed by atoms with Gasteiger partial charge in [-0.05, 0) is 18.4 Å². The smallest absolute Gasteiger partial charge is 0.414 e. The molecule has 0 aliphatic rings. The minimum absolute atomic E-state index is 0.296. The van der Waals surface area contributed by atoms with Crippen molar-refractivity contribution in [3.63, 3.8) is 0 Å². The van der Waals surface area contributed by atoms with E-state index >= 15 is 0 Å². The molecule has 0 radical (unpaired) electrons. The lowest BCUT2D eigenvalue weighted by molar-refractivity contribution is 0.112. The molecular weight excluding hydrogens is 242 g/mol. The molecule has 2 aromatic carbocycles. The van der Waals surface area contributed by atoms with Gasteiger partial charge in [-0.15, -0.1) is 0 Å². The first-order chi connectivity index (χ1) is 9.19. The molecule has 0 heterocycles. The van der Waals surface area contributed by atoms with E-state index in [2.05, 4.69) is 0 Å². The Hall–Kier alpha value is -2.36. The van der Waals surface area contributed by atoms with Gasteiger partial charge in [0.1, 0.15) is 0 Å². The van der Waals surface area contributed by atoms with Crippen LogP contribution in [0.1, 0.15) is 17.3 Å². The summed E-state index contributed by atoms with van der Waals surface area (Å²) in [5, 5.41) is 1.82. The molecule has 19 heavy (non-hydrogen) atoms. The summed E-state index contributed by atoms with van der Waals surface area (Å²) < 4.78 is 4.98. The Balaban J connectivity index is 2.61. The van der Waals surface area contributed by atoms with Crippen molar-refractivity contribution in [2.75, 3.05) is 18.6 Å². The molecule has 2 aromatic rings. The number of amides is 1. The highest BCUT2D eigenvalue weighted by molar-refractivity contribution is 6.07. The summed E-state index contributed by atoms with van der Waals surface area (Å²) in [6.45, 7) is 2.04. The highest BCUT2D eigenvalue weighted by Crippen LogP contribution is 2.29. The number of hydrogen-bond donors (Lipinski definition) is 0. The largest absolute Gasteiger partial charge is 0.449 e. The maximum absolute atomic E-state index is 11.8. The Labute approximate surface area is 111 Å². The van der Waals surface area contributed by atoms with Crippen LogP contribution in [0.3, 0.4) is 0 Å².